The maximum Gasteiger partial charge on any atom is 0.230 e. The Morgan fingerprint density at radius 3 is 2.59 bits per heavy atom. The van der Waals surface area contributed by atoms with Gasteiger partial charge in [0.25, 0.3) is 0 Å². The predicted octanol–water partition coefficient (Wildman–Crippen LogP) is 3.88. The Labute approximate surface area is 191 Å². The number of aromatic nitrogens is 3. The molecule has 170 valence electrons. The number of carbonyl (C=O) groups is 1. The topological polar surface area (TPSA) is 72.3 Å². The Hall–Kier alpha value is -2.62. The number of amides is 1. The molecular weight excluding hydrogens is 429 g/mol. The van der Waals surface area contributed by atoms with Gasteiger partial charge in [-0.25, -0.2) is 14.1 Å². The maximum absolute atomic E-state index is 13.2. The van der Waals surface area contributed by atoms with Crippen molar-refractivity contribution < 1.29 is 13.9 Å². The van der Waals surface area contributed by atoms with Crippen LogP contribution in [0.15, 0.2) is 29.6 Å². The van der Waals surface area contributed by atoms with Crippen LogP contribution in [-0.2, 0) is 22.5 Å². The Bertz CT molecular complexity index is 1080. The maximum atomic E-state index is 13.2. The van der Waals surface area contributed by atoms with Crippen molar-refractivity contribution in [3.8, 4) is 5.69 Å². The van der Waals surface area contributed by atoms with E-state index in [1.54, 1.807) is 16.8 Å². The largest absolute Gasteiger partial charge is 0.373 e. The molecule has 2 atom stereocenters. The van der Waals surface area contributed by atoms with Crippen molar-refractivity contribution in [1.29, 1.82) is 0 Å². The molecule has 1 saturated heterocycles. The van der Waals surface area contributed by atoms with Crippen molar-refractivity contribution in [3.05, 3.63) is 58.1 Å². The molecule has 0 bridgehead atoms. The fraction of sp³-hybridized carbons (Fsp3) is 0.435. The normalized spacial score (nSPS) is 19.3. The van der Waals surface area contributed by atoms with Gasteiger partial charge >= 0.3 is 0 Å². The molecule has 1 amide bonds. The molecule has 1 fully saturated rings. The van der Waals surface area contributed by atoms with Gasteiger partial charge in [0, 0.05) is 36.3 Å². The summed E-state index contributed by atoms with van der Waals surface area (Å²) in [6.45, 7) is 10.4. The first-order chi connectivity index (χ1) is 15.3. The summed E-state index contributed by atoms with van der Waals surface area (Å²) in [6, 6.07) is 6.14. The van der Waals surface area contributed by atoms with Gasteiger partial charge in [0.15, 0.2) is 5.13 Å². The van der Waals surface area contributed by atoms with Gasteiger partial charge < -0.3 is 10.1 Å². The molecule has 1 aromatic carbocycles. The molecule has 3 heterocycles. The highest BCUT2D eigenvalue weighted by atomic mass is 32.1. The second-order valence-corrected chi connectivity index (χ2v) is 9.22. The molecule has 0 aliphatic carbocycles. The van der Waals surface area contributed by atoms with E-state index in [9.17, 15) is 9.18 Å². The quantitative estimate of drug-likeness (QED) is 0.608. The van der Waals surface area contributed by atoms with Gasteiger partial charge in [-0.05, 0) is 52.0 Å². The molecule has 4 rings (SSSR count). The van der Waals surface area contributed by atoms with Crippen LogP contribution in [0, 0.1) is 19.7 Å². The van der Waals surface area contributed by atoms with E-state index >= 15 is 0 Å². The first kappa shape index (κ1) is 22.6. The summed E-state index contributed by atoms with van der Waals surface area (Å²) < 4.78 is 20.8. The highest BCUT2D eigenvalue weighted by molar-refractivity contribution is 7.13. The van der Waals surface area contributed by atoms with E-state index in [2.05, 4.69) is 34.1 Å². The molecule has 32 heavy (non-hydrogen) atoms. The molecule has 0 spiro atoms. The van der Waals surface area contributed by atoms with Crippen molar-refractivity contribution in [3.63, 3.8) is 0 Å². The van der Waals surface area contributed by atoms with Crippen LogP contribution in [0.3, 0.4) is 0 Å². The summed E-state index contributed by atoms with van der Waals surface area (Å²) >= 11 is 1.43. The average molecular weight is 458 g/mol. The second-order valence-electron chi connectivity index (χ2n) is 8.36. The Morgan fingerprint density at radius 1 is 1.22 bits per heavy atom. The number of halogens is 1. The molecule has 2 aromatic heterocycles. The molecular formula is C23H28FN5O2S. The number of nitrogens with one attached hydrogen (secondary N) is 1. The molecule has 1 aliphatic rings. The van der Waals surface area contributed by atoms with Crippen LogP contribution in [-0.4, -0.2) is 50.9 Å². The van der Waals surface area contributed by atoms with Gasteiger partial charge in [-0.3, -0.25) is 9.69 Å². The van der Waals surface area contributed by atoms with Crippen molar-refractivity contribution >= 4 is 22.4 Å². The average Bonchev–Trinajstić information content (AvgIpc) is 3.26. The number of anilines is 1. The number of rotatable bonds is 6. The van der Waals surface area contributed by atoms with Crippen LogP contribution in [0.2, 0.25) is 0 Å². The van der Waals surface area contributed by atoms with Gasteiger partial charge in [0.1, 0.15) is 5.82 Å². The highest BCUT2D eigenvalue weighted by Gasteiger charge is 2.23. The number of benzene rings is 1. The van der Waals surface area contributed by atoms with Crippen molar-refractivity contribution in [2.45, 2.75) is 52.9 Å². The molecule has 2 unspecified atom stereocenters. The summed E-state index contributed by atoms with van der Waals surface area (Å²) in [7, 11) is 0. The third-order valence-electron chi connectivity index (χ3n) is 5.53. The fourth-order valence-corrected chi connectivity index (χ4v) is 4.89. The smallest absolute Gasteiger partial charge is 0.230 e. The number of morpholine rings is 1. The zero-order chi connectivity index (χ0) is 22.8. The summed E-state index contributed by atoms with van der Waals surface area (Å²) in [5.41, 5.74) is 4.20. The van der Waals surface area contributed by atoms with Gasteiger partial charge in [0.05, 0.1) is 35.7 Å². The number of ether oxygens (including phenoxy) is 1. The van der Waals surface area contributed by atoms with Gasteiger partial charge in [-0.1, -0.05) is 0 Å². The molecule has 0 saturated carbocycles. The minimum atomic E-state index is -0.296. The van der Waals surface area contributed by atoms with Crippen LogP contribution in [0.25, 0.3) is 5.69 Å². The molecule has 7 nitrogen and oxygen atoms in total. The lowest BCUT2D eigenvalue weighted by atomic mass is 10.1. The van der Waals surface area contributed by atoms with E-state index < -0.39 is 0 Å². The predicted molar refractivity (Wildman–Crippen MR) is 123 cm³/mol. The van der Waals surface area contributed by atoms with Crippen LogP contribution < -0.4 is 5.32 Å². The molecule has 0 radical (unpaired) electrons. The van der Waals surface area contributed by atoms with Crippen molar-refractivity contribution in [1.82, 2.24) is 19.7 Å². The highest BCUT2D eigenvalue weighted by Crippen LogP contribution is 2.22. The lowest BCUT2D eigenvalue weighted by molar-refractivity contribution is -0.115. The van der Waals surface area contributed by atoms with Crippen LogP contribution in [0.1, 0.15) is 36.5 Å². The lowest BCUT2D eigenvalue weighted by Crippen LogP contribution is -2.44. The summed E-state index contributed by atoms with van der Waals surface area (Å²) in [5, 5.41) is 10.0. The van der Waals surface area contributed by atoms with Crippen LogP contribution in [0.4, 0.5) is 9.52 Å². The number of hydrogen-bond acceptors (Lipinski definition) is 6. The number of nitrogens with zero attached hydrogens (tertiary/aromatic N) is 4. The van der Waals surface area contributed by atoms with E-state index in [1.807, 2.05) is 19.2 Å². The summed E-state index contributed by atoms with van der Waals surface area (Å²) in [4.78, 5) is 19.6. The van der Waals surface area contributed by atoms with Crippen molar-refractivity contribution in [2.24, 2.45) is 0 Å². The van der Waals surface area contributed by atoms with Crippen molar-refractivity contribution in [2.75, 3.05) is 18.4 Å². The zero-order valence-corrected chi connectivity index (χ0v) is 19.6. The number of hydrogen-bond donors (Lipinski definition) is 1. The zero-order valence-electron chi connectivity index (χ0n) is 18.8. The van der Waals surface area contributed by atoms with E-state index in [-0.39, 0.29) is 30.4 Å². The van der Waals surface area contributed by atoms with E-state index in [0.29, 0.717) is 5.13 Å². The van der Waals surface area contributed by atoms with Crippen LogP contribution >= 0.6 is 11.3 Å². The molecule has 9 heteroatoms. The van der Waals surface area contributed by atoms with E-state index in [0.717, 1.165) is 48.0 Å². The van der Waals surface area contributed by atoms with Gasteiger partial charge in [-0.2, -0.15) is 5.10 Å². The number of thiazole rings is 1. The monoisotopic (exact) mass is 457 g/mol. The SMILES string of the molecule is Cc1nn(-c2ccc(F)cc2)c(C)c1CC(=O)Nc1nc(CN2CC(C)OC(C)C2)cs1. The Balaban J connectivity index is 1.39. The fourth-order valence-electron chi connectivity index (χ4n) is 4.17. The molecule has 1 aliphatic heterocycles. The van der Waals surface area contributed by atoms with Gasteiger partial charge in [0.2, 0.25) is 5.91 Å². The lowest BCUT2D eigenvalue weighted by Gasteiger charge is -2.34. The third kappa shape index (κ3) is 5.23. The minimum absolute atomic E-state index is 0.135. The first-order valence-corrected chi connectivity index (χ1v) is 11.6. The van der Waals surface area contributed by atoms with E-state index in [1.165, 1.54) is 23.5 Å². The van der Waals surface area contributed by atoms with Gasteiger partial charge in [-0.15, -0.1) is 11.3 Å². The third-order valence-corrected chi connectivity index (χ3v) is 6.34. The Morgan fingerprint density at radius 2 is 1.91 bits per heavy atom. The second kappa shape index (κ2) is 9.48. The van der Waals surface area contributed by atoms with Crippen LogP contribution in [0.5, 0.6) is 0 Å². The summed E-state index contributed by atoms with van der Waals surface area (Å²) in [5.74, 6) is -0.431. The van der Waals surface area contributed by atoms with E-state index in [4.69, 9.17) is 4.74 Å². The summed E-state index contributed by atoms with van der Waals surface area (Å²) in [6.07, 6.45) is 0.615. The standard InChI is InChI=1S/C23H28FN5O2S/c1-14-10-28(11-15(2)31-14)12-19-13-32-23(25-19)26-22(30)9-21-16(3)27-29(17(21)4)20-7-5-18(24)6-8-20/h5-8,13-15H,9-12H2,1-4H3,(H,25,26,30). The number of aryl methyl sites for hydroxylation is 1. The molecule has 3 aromatic rings. The minimum Gasteiger partial charge on any atom is -0.373 e. The Kier molecular flexibility index (Phi) is 6.68. The number of carbonyl (C=O) groups excluding carboxylic acids is 1. The first-order valence-electron chi connectivity index (χ1n) is 10.7. The molecule has 1 N–H and O–H groups in total.